The van der Waals surface area contributed by atoms with E-state index in [0.717, 1.165) is 23.4 Å². The van der Waals surface area contributed by atoms with E-state index in [4.69, 9.17) is 0 Å². The molecule has 0 heterocycles. The highest BCUT2D eigenvalue weighted by molar-refractivity contribution is 5.95. The molecule has 25 heavy (non-hydrogen) atoms. The molecule has 4 aliphatic carbocycles. The third kappa shape index (κ3) is 3.19. The van der Waals surface area contributed by atoms with E-state index >= 15 is 0 Å². The summed E-state index contributed by atoms with van der Waals surface area (Å²) in [6, 6.07) is 7.36. The summed E-state index contributed by atoms with van der Waals surface area (Å²) in [5, 5.41) is 6.02. The molecule has 5 rings (SSSR count). The van der Waals surface area contributed by atoms with Crippen LogP contribution in [0.4, 0.5) is 5.69 Å². The second kappa shape index (κ2) is 6.15. The SMILES string of the molecule is CC(=O)Nc1ccc(C(=O)NC(C)C23CC4CC(CC(C4)C2)C3)cc1. The second-order valence-corrected chi connectivity index (χ2v) is 8.73. The van der Waals surface area contributed by atoms with Crippen LogP contribution in [0, 0.1) is 23.2 Å². The molecular weight excluding hydrogens is 312 g/mol. The Bertz CT molecular complexity index is 644. The first-order valence-electron chi connectivity index (χ1n) is 9.62. The maximum Gasteiger partial charge on any atom is 0.251 e. The number of hydrogen-bond acceptors (Lipinski definition) is 2. The first-order chi connectivity index (χ1) is 11.9. The molecule has 0 aromatic heterocycles. The average molecular weight is 340 g/mol. The first kappa shape index (κ1) is 16.6. The first-order valence-corrected chi connectivity index (χ1v) is 9.62. The third-order valence-electron chi connectivity index (χ3n) is 6.82. The van der Waals surface area contributed by atoms with Crippen molar-refractivity contribution in [2.45, 2.75) is 58.4 Å². The number of nitrogens with one attached hydrogen (secondary N) is 2. The van der Waals surface area contributed by atoms with E-state index in [9.17, 15) is 9.59 Å². The van der Waals surface area contributed by atoms with Crippen molar-refractivity contribution < 1.29 is 9.59 Å². The molecule has 1 atom stereocenters. The zero-order chi connectivity index (χ0) is 17.6. The zero-order valence-electron chi connectivity index (χ0n) is 15.2. The second-order valence-electron chi connectivity index (χ2n) is 8.73. The van der Waals surface area contributed by atoms with E-state index < -0.39 is 0 Å². The van der Waals surface area contributed by atoms with Crippen molar-refractivity contribution in [2.75, 3.05) is 5.32 Å². The summed E-state index contributed by atoms with van der Waals surface area (Å²) in [4.78, 5) is 23.8. The molecule has 0 aliphatic heterocycles. The fourth-order valence-corrected chi connectivity index (χ4v) is 6.05. The van der Waals surface area contributed by atoms with Gasteiger partial charge in [-0.05, 0) is 92.9 Å². The Kier molecular flexibility index (Phi) is 4.09. The molecule has 0 saturated heterocycles. The lowest BCUT2D eigenvalue weighted by atomic mass is 9.48. The van der Waals surface area contributed by atoms with Gasteiger partial charge in [-0.3, -0.25) is 9.59 Å². The number of hydrogen-bond donors (Lipinski definition) is 2. The van der Waals surface area contributed by atoms with Gasteiger partial charge in [0.25, 0.3) is 5.91 Å². The molecule has 0 radical (unpaired) electrons. The molecule has 0 spiro atoms. The van der Waals surface area contributed by atoms with Gasteiger partial charge in [0.2, 0.25) is 5.91 Å². The van der Waals surface area contributed by atoms with Gasteiger partial charge in [0, 0.05) is 24.2 Å². The molecule has 2 N–H and O–H groups in total. The Hall–Kier alpha value is -1.84. The number of rotatable bonds is 4. The summed E-state index contributed by atoms with van der Waals surface area (Å²) in [7, 11) is 0. The van der Waals surface area contributed by atoms with Gasteiger partial charge in [0.1, 0.15) is 0 Å². The Morgan fingerprint density at radius 2 is 1.52 bits per heavy atom. The van der Waals surface area contributed by atoms with Crippen LogP contribution in [0.5, 0.6) is 0 Å². The lowest BCUT2D eigenvalue weighted by molar-refractivity contribution is -0.114. The molecule has 134 valence electrons. The smallest absolute Gasteiger partial charge is 0.251 e. The van der Waals surface area contributed by atoms with Crippen molar-refractivity contribution in [3.05, 3.63) is 29.8 Å². The Labute approximate surface area is 149 Å². The van der Waals surface area contributed by atoms with Gasteiger partial charge < -0.3 is 10.6 Å². The summed E-state index contributed by atoms with van der Waals surface area (Å²) < 4.78 is 0. The summed E-state index contributed by atoms with van der Waals surface area (Å²) in [6.07, 6.45) is 8.14. The zero-order valence-corrected chi connectivity index (χ0v) is 15.2. The maximum absolute atomic E-state index is 12.7. The van der Waals surface area contributed by atoms with Crippen LogP contribution in [0.2, 0.25) is 0 Å². The number of anilines is 1. The number of amides is 2. The largest absolute Gasteiger partial charge is 0.349 e. The third-order valence-corrected chi connectivity index (χ3v) is 6.82. The number of benzene rings is 1. The van der Waals surface area contributed by atoms with Crippen LogP contribution in [0.25, 0.3) is 0 Å². The number of carbonyl (C=O) groups is 2. The normalized spacial score (nSPS) is 33.8. The van der Waals surface area contributed by atoms with Gasteiger partial charge in [-0.2, -0.15) is 0 Å². The summed E-state index contributed by atoms with van der Waals surface area (Å²) in [5.41, 5.74) is 1.70. The van der Waals surface area contributed by atoms with Crippen molar-refractivity contribution in [1.82, 2.24) is 5.32 Å². The van der Waals surface area contributed by atoms with E-state index in [1.807, 2.05) is 0 Å². The topological polar surface area (TPSA) is 58.2 Å². The van der Waals surface area contributed by atoms with Gasteiger partial charge >= 0.3 is 0 Å². The minimum atomic E-state index is -0.104. The van der Waals surface area contributed by atoms with Crippen LogP contribution < -0.4 is 10.6 Å². The van der Waals surface area contributed by atoms with Gasteiger partial charge in [0.05, 0.1) is 0 Å². The standard InChI is InChI=1S/C21H28N2O2/c1-13(21-10-15-7-16(11-21)9-17(8-15)12-21)22-20(25)18-3-5-19(6-4-18)23-14(2)24/h3-6,13,15-17H,7-12H2,1-2H3,(H,22,25)(H,23,24). The van der Waals surface area contributed by atoms with E-state index in [-0.39, 0.29) is 17.9 Å². The van der Waals surface area contributed by atoms with Gasteiger partial charge in [-0.1, -0.05) is 0 Å². The minimum Gasteiger partial charge on any atom is -0.349 e. The van der Waals surface area contributed by atoms with Crippen LogP contribution in [0.1, 0.15) is 62.7 Å². The molecule has 4 heteroatoms. The van der Waals surface area contributed by atoms with Crippen molar-refractivity contribution >= 4 is 17.5 Å². The highest BCUT2D eigenvalue weighted by Crippen LogP contribution is 2.61. The van der Waals surface area contributed by atoms with Crippen molar-refractivity contribution in [3.63, 3.8) is 0 Å². The minimum absolute atomic E-state index is 0.00220. The quantitative estimate of drug-likeness (QED) is 0.871. The molecule has 4 nitrogen and oxygen atoms in total. The van der Waals surface area contributed by atoms with E-state index in [1.54, 1.807) is 24.3 Å². The molecule has 4 aliphatic rings. The molecule has 1 unspecified atom stereocenters. The molecule has 1 aromatic carbocycles. The molecule has 4 bridgehead atoms. The summed E-state index contributed by atoms with van der Waals surface area (Å²) in [5.74, 6) is 2.57. The lowest BCUT2D eigenvalue weighted by Crippen LogP contribution is -2.55. The van der Waals surface area contributed by atoms with Crippen LogP contribution >= 0.6 is 0 Å². The van der Waals surface area contributed by atoms with E-state index in [0.29, 0.717) is 11.0 Å². The van der Waals surface area contributed by atoms with Crippen molar-refractivity contribution in [2.24, 2.45) is 23.2 Å². The molecule has 4 saturated carbocycles. The van der Waals surface area contributed by atoms with Gasteiger partial charge in [-0.25, -0.2) is 0 Å². The Morgan fingerprint density at radius 1 is 1.00 bits per heavy atom. The predicted molar refractivity (Wildman–Crippen MR) is 98.3 cm³/mol. The Morgan fingerprint density at radius 3 is 2.00 bits per heavy atom. The maximum atomic E-state index is 12.7. The van der Waals surface area contributed by atoms with Crippen molar-refractivity contribution in [1.29, 1.82) is 0 Å². The van der Waals surface area contributed by atoms with Gasteiger partial charge in [-0.15, -0.1) is 0 Å². The fraction of sp³-hybridized carbons (Fsp3) is 0.619. The van der Waals surface area contributed by atoms with Crippen LogP contribution in [0.15, 0.2) is 24.3 Å². The molecule has 4 fully saturated rings. The van der Waals surface area contributed by atoms with E-state index in [2.05, 4.69) is 17.6 Å². The highest BCUT2D eigenvalue weighted by Gasteiger charge is 2.53. The molecule has 1 aromatic rings. The highest BCUT2D eigenvalue weighted by atomic mass is 16.2. The fourth-order valence-electron chi connectivity index (χ4n) is 6.05. The van der Waals surface area contributed by atoms with E-state index in [1.165, 1.54) is 45.4 Å². The average Bonchev–Trinajstić information content (AvgIpc) is 2.53. The number of carbonyl (C=O) groups excluding carboxylic acids is 2. The summed E-state index contributed by atoms with van der Waals surface area (Å²) in [6.45, 7) is 3.69. The molecular formula is C21H28N2O2. The lowest BCUT2D eigenvalue weighted by Gasteiger charge is -2.59. The Balaban J connectivity index is 1.43. The van der Waals surface area contributed by atoms with Crippen LogP contribution in [0.3, 0.4) is 0 Å². The van der Waals surface area contributed by atoms with Crippen LogP contribution in [-0.2, 0) is 4.79 Å². The molecule has 2 amide bonds. The van der Waals surface area contributed by atoms with Crippen LogP contribution in [-0.4, -0.2) is 17.9 Å². The van der Waals surface area contributed by atoms with Gasteiger partial charge in [0.15, 0.2) is 0 Å². The monoisotopic (exact) mass is 340 g/mol. The predicted octanol–water partition coefficient (Wildman–Crippen LogP) is 3.98. The van der Waals surface area contributed by atoms with Crippen molar-refractivity contribution in [3.8, 4) is 0 Å². The summed E-state index contributed by atoms with van der Waals surface area (Å²) >= 11 is 0.